The van der Waals surface area contributed by atoms with E-state index in [1.807, 2.05) is 13.8 Å². The van der Waals surface area contributed by atoms with Crippen molar-refractivity contribution in [2.75, 3.05) is 5.43 Å². The molecule has 2 aromatic rings. The number of rotatable bonds is 3. The maximum absolute atomic E-state index is 6.11. The van der Waals surface area contributed by atoms with Gasteiger partial charge in [0.05, 0.1) is 10.0 Å². The number of hydrazine groups is 1. The van der Waals surface area contributed by atoms with E-state index >= 15 is 0 Å². The van der Waals surface area contributed by atoms with Crippen molar-refractivity contribution in [2.45, 2.75) is 19.8 Å². The van der Waals surface area contributed by atoms with Gasteiger partial charge in [-0.25, -0.2) is 20.8 Å². The molecule has 0 radical (unpaired) electrons. The van der Waals surface area contributed by atoms with Crippen LogP contribution in [-0.2, 0) is 0 Å². The first-order valence-electron chi connectivity index (χ1n) is 5.68. The Labute approximate surface area is 121 Å². The Balaban J connectivity index is 2.57. The number of nitrogens with two attached hydrogens (primary N) is 1. The molecule has 5 nitrogen and oxygen atoms in total. The summed E-state index contributed by atoms with van der Waals surface area (Å²) in [5.41, 5.74) is 3.84. The highest BCUT2D eigenvalue weighted by molar-refractivity contribution is 6.35. The summed E-state index contributed by atoms with van der Waals surface area (Å²) in [5.74, 6) is 6.58. The fraction of sp³-hybridized carbons (Fsp3) is 0.250. The summed E-state index contributed by atoms with van der Waals surface area (Å²) >= 11 is 11.9. The van der Waals surface area contributed by atoms with E-state index in [1.165, 1.54) is 6.20 Å². The smallest absolute Gasteiger partial charge is 0.182 e. The summed E-state index contributed by atoms with van der Waals surface area (Å²) in [6, 6.07) is 3.39. The van der Waals surface area contributed by atoms with Gasteiger partial charge in [0.25, 0.3) is 0 Å². The molecule has 0 saturated carbocycles. The minimum absolute atomic E-state index is 0.236. The fourth-order valence-electron chi connectivity index (χ4n) is 1.52. The van der Waals surface area contributed by atoms with Gasteiger partial charge in [0.1, 0.15) is 11.5 Å². The van der Waals surface area contributed by atoms with Crippen LogP contribution >= 0.6 is 23.2 Å². The summed E-state index contributed by atoms with van der Waals surface area (Å²) in [4.78, 5) is 12.9. The van der Waals surface area contributed by atoms with Crippen molar-refractivity contribution in [2.24, 2.45) is 5.84 Å². The van der Waals surface area contributed by atoms with Crippen LogP contribution in [0.25, 0.3) is 11.5 Å². The number of hydrogen-bond acceptors (Lipinski definition) is 5. The quantitative estimate of drug-likeness (QED) is 0.672. The highest BCUT2D eigenvalue weighted by Crippen LogP contribution is 2.27. The third-order valence-electron chi connectivity index (χ3n) is 2.50. The molecule has 2 aromatic heterocycles. The fourth-order valence-corrected chi connectivity index (χ4v) is 1.99. The van der Waals surface area contributed by atoms with Gasteiger partial charge in [-0.05, 0) is 12.0 Å². The summed E-state index contributed by atoms with van der Waals surface area (Å²) in [6.07, 6.45) is 1.50. The molecule has 2 heterocycles. The molecule has 0 unspecified atom stereocenters. The monoisotopic (exact) mass is 297 g/mol. The molecule has 0 aliphatic rings. The van der Waals surface area contributed by atoms with Crippen LogP contribution in [0.3, 0.4) is 0 Å². The first-order valence-corrected chi connectivity index (χ1v) is 6.44. The molecule has 0 bridgehead atoms. The normalized spacial score (nSPS) is 10.8. The zero-order valence-corrected chi connectivity index (χ0v) is 12.0. The van der Waals surface area contributed by atoms with Crippen molar-refractivity contribution in [3.63, 3.8) is 0 Å². The van der Waals surface area contributed by atoms with E-state index in [9.17, 15) is 0 Å². The Hall–Kier alpha value is -1.43. The Morgan fingerprint density at radius 1 is 1.21 bits per heavy atom. The molecular weight excluding hydrogens is 285 g/mol. The second kappa shape index (κ2) is 5.69. The highest BCUT2D eigenvalue weighted by atomic mass is 35.5. The Morgan fingerprint density at radius 2 is 1.95 bits per heavy atom. The molecule has 100 valence electrons. The van der Waals surface area contributed by atoms with Gasteiger partial charge < -0.3 is 5.43 Å². The van der Waals surface area contributed by atoms with E-state index in [2.05, 4.69) is 20.4 Å². The molecule has 0 aliphatic heterocycles. The summed E-state index contributed by atoms with van der Waals surface area (Å²) < 4.78 is 0. The average Bonchev–Trinajstić information content (AvgIpc) is 2.38. The lowest BCUT2D eigenvalue weighted by Crippen LogP contribution is -2.11. The molecule has 0 aliphatic carbocycles. The number of nitrogens with one attached hydrogen (secondary N) is 1. The lowest BCUT2D eigenvalue weighted by Gasteiger charge is -2.10. The van der Waals surface area contributed by atoms with Crippen LogP contribution in [-0.4, -0.2) is 15.0 Å². The summed E-state index contributed by atoms with van der Waals surface area (Å²) in [6.45, 7) is 4.06. The van der Waals surface area contributed by atoms with Crippen molar-refractivity contribution >= 4 is 29.0 Å². The lowest BCUT2D eigenvalue weighted by atomic mass is 10.1. The first-order chi connectivity index (χ1) is 9.01. The minimum Gasteiger partial charge on any atom is -0.308 e. The van der Waals surface area contributed by atoms with Crippen LogP contribution in [0.5, 0.6) is 0 Å². The van der Waals surface area contributed by atoms with Crippen molar-refractivity contribution in [3.8, 4) is 11.5 Å². The molecule has 0 atom stereocenters. The maximum Gasteiger partial charge on any atom is 0.182 e. The van der Waals surface area contributed by atoms with Crippen molar-refractivity contribution in [1.29, 1.82) is 0 Å². The third kappa shape index (κ3) is 3.12. The van der Waals surface area contributed by atoms with E-state index in [4.69, 9.17) is 29.0 Å². The van der Waals surface area contributed by atoms with Crippen LogP contribution < -0.4 is 11.3 Å². The van der Waals surface area contributed by atoms with Crippen molar-refractivity contribution in [3.05, 3.63) is 34.1 Å². The van der Waals surface area contributed by atoms with Crippen LogP contribution in [0.2, 0.25) is 10.0 Å². The largest absolute Gasteiger partial charge is 0.308 e. The number of nitrogen functional groups attached to an aromatic ring is 1. The third-order valence-corrected chi connectivity index (χ3v) is 3.00. The number of anilines is 1. The molecule has 0 spiro atoms. The van der Waals surface area contributed by atoms with Gasteiger partial charge in [-0.2, -0.15) is 0 Å². The van der Waals surface area contributed by atoms with E-state index in [0.29, 0.717) is 27.4 Å². The van der Waals surface area contributed by atoms with Gasteiger partial charge in [0.15, 0.2) is 5.82 Å². The lowest BCUT2D eigenvalue weighted by molar-refractivity contribution is 0.816. The Morgan fingerprint density at radius 3 is 2.53 bits per heavy atom. The van der Waals surface area contributed by atoms with Crippen LogP contribution in [0, 0.1) is 0 Å². The van der Waals surface area contributed by atoms with Gasteiger partial charge in [0.2, 0.25) is 0 Å². The van der Waals surface area contributed by atoms with E-state index in [0.717, 1.165) is 5.69 Å². The predicted molar refractivity (Wildman–Crippen MR) is 77.2 cm³/mol. The standard InChI is InChI=1S/C12H13Cl2N5/c1-6(2)9-4-10(19-15)18-12(17-9)11-8(14)3-7(13)5-16-11/h3-6H,15H2,1-2H3,(H,17,18,19). The van der Waals surface area contributed by atoms with Gasteiger partial charge in [-0.15, -0.1) is 0 Å². The second-order valence-corrected chi connectivity index (χ2v) is 5.13. The van der Waals surface area contributed by atoms with Crippen LogP contribution in [0.15, 0.2) is 18.3 Å². The van der Waals surface area contributed by atoms with Crippen molar-refractivity contribution < 1.29 is 0 Å². The Bertz CT molecular complexity index is 601. The molecule has 3 N–H and O–H groups in total. The van der Waals surface area contributed by atoms with E-state index in [-0.39, 0.29) is 5.92 Å². The summed E-state index contributed by atoms with van der Waals surface area (Å²) in [5, 5.41) is 0.863. The number of hydrogen-bond donors (Lipinski definition) is 2. The Kier molecular flexibility index (Phi) is 4.19. The molecule has 2 rings (SSSR count). The highest BCUT2D eigenvalue weighted by Gasteiger charge is 2.13. The SMILES string of the molecule is CC(C)c1cc(NN)nc(-c2ncc(Cl)cc2Cl)n1. The van der Waals surface area contributed by atoms with Gasteiger partial charge in [0, 0.05) is 18.0 Å². The molecule has 0 aromatic carbocycles. The van der Waals surface area contributed by atoms with E-state index in [1.54, 1.807) is 12.1 Å². The van der Waals surface area contributed by atoms with Gasteiger partial charge in [-0.1, -0.05) is 37.0 Å². The number of nitrogens with zero attached hydrogens (tertiary/aromatic N) is 3. The minimum atomic E-state index is 0.236. The first kappa shape index (κ1) is 14.0. The predicted octanol–water partition coefficient (Wildman–Crippen LogP) is 3.25. The molecule has 19 heavy (non-hydrogen) atoms. The molecule has 0 saturated heterocycles. The summed E-state index contributed by atoms with van der Waals surface area (Å²) in [7, 11) is 0. The zero-order chi connectivity index (χ0) is 14.0. The molecular formula is C12H13Cl2N5. The average molecular weight is 298 g/mol. The number of pyridine rings is 1. The maximum atomic E-state index is 6.11. The van der Waals surface area contributed by atoms with Crippen molar-refractivity contribution in [1.82, 2.24) is 15.0 Å². The molecule has 0 amide bonds. The topological polar surface area (TPSA) is 76.7 Å². The number of aromatic nitrogens is 3. The van der Waals surface area contributed by atoms with Crippen LogP contribution in [0.1, 0.15) is 25.5 Å². The zero-order valence-electron chi connectivity index (χ0n) is 10.5. The van der Waals surface area contributed by atoms with E-state index < -0.39 is 0 Å². The molecule has 7 heteroatoms. The second-order valence-electron chi connectivity index (χ2n) is 4.28. The van der Waals surface area contributed by atoms with Crippen LogP contribution in [0.4, 0.5) is 5.82 Å². The van der Waals surface area contributed by atoms with Gasteiger partial charge in [-0.3, -0.25) is 0 Å². The molecule has 0 fully saturated rings. The number of halogens is 2. The van der Waals surface area contributed by atoms with Gasteiger partial charge >= 0.3 is 0 Å².